The lowest BCUT2D eigenvalue weighted by atomic mass is 9.95. The number of aromatic hydroxyl groups is 1. The van der Waals surface area contributed by atoms with Gasteiger partial charge < -0.3 is 19.5 Å². The number of nitrogens with zero attached hydrogens (tertiary/aromatic N) is 2. The third kappa shape index (κ3) is 6.23. The molecule has 1 N–H and O–H groups in total. The van der Waals surface area contributed by atoms with Crippen molar-refractivity contribution in [3.8, 4) is 34.1 Å². The molecule has 1 amide bonds. The van der Waals surface area contributed by atoms with Crippen LogP contribution in [0.1, 0.15) is 31.9 Å². The monoisotopic (exact) mass is 544 g/mol. The molecular formula is C28H34ClFN2O4Si. The quantitative estimate of drug-likeness (QED) is 0.358. The third-order valence-electron chi connectivity index (χ3n) is 6.16. The van der Waals surface area contributed by atoms with Crippen molar-refractivity contribution in [3.05, 3.63) is 46.2 Å². The SMILES string of the molecule is CC(C)(C)OC(=O)N1CCN2Cc3cc(C#C[Si](C)(C)C)c(-c4c(O)cccc4F)c(Cl)c3OC[C@H]2C1. The summed E-state index contributed by atoms with van der Waals surface area (Å²) in [4.78, 5) is 16.6. The van der Waals surface area contributed by atoms with Crippen molar-refractivity contribution >= 4 is 25.8 Å². The maximum atomic E-state index is 15.0. The van der Waals surface area contributed by atoms with Gasteiger partial charge in [0.15, 0.2) is 0 Å². The van der Waals surface area contributed by atoms with Crippen LogP contribution in [0.4, 0.5) is 9.18 Å². The van der Waals surface area contributed by atoms with Crippen LogP contribution < -0.4 is 4.74 Å². The van der Waals surface area contributed by atoms with Crippen molar-refractivity contribution in [1.82, 2.24) is 9.80 Å². The van der Waals surface area contributed by atoms with Gasteiger partial charge in [-0.25, -0.2) is 9.18 Å². The van der Waals surface area contributed by atoms with Gasteiger partial charge in [0.1, 0.15) is 37.6 Å². The van der Waals surface area contributed by atoms with Gasteiger partial charge in [-0.15, -0.1) is 5.54 Å². The Morgan fingerprint density at radius 3 is 2.62 bits per heavy atom. The van der Waals surface area contributed by atoms with Crippen molar-refractivity contribution < 1.29 is 23.8 Å². The Balaban J connectivity index is 1.73. The number of carbonyl (C=O) groups is 1. The Kier molecular flexibility index (Phi) is 7.53. The van der Waals surface area contributed by atoms with Crippen LogP contribution in [0.25, 0.3) is 11.1 Å². The number of hydrogen-bond donors (Lipinski definition) is 1. The maximum absolute atomic E-state index is 15.0. The van der Waals surface area contributed by atoms with Gasteiger partial charge in [-0.05, 0) is 39.0 Å². The molecule has 0 saturated carbocycles. The molecule has 2 aliphatic rings. The van der Waals surface area contributed by atoms with E-state index in [0.29, 0.717) is 49.7 Å². The van der Waals surface area contributed by atoms with Gasteiger partial charge in [-0.2, -0.15) is 0 Å². The molecule has 1 fully saturated rings. The topological polar surface area (TPSA) is 62.2 Å². The maximum Gasteiger partial charge on any atom is 0.410 e. The lowest BCUT2D eigenvalue weighted by Crippen LogP contribution is -2.56. The molecule has 1 atom stereocenters. The van der Waals surface area contributed by atoms with E-state index >= 15 is 4.39 Å². The summed E-state index contributed by atoms with van der Waals surface area (Å²) in [7, 11) is -1.77. The van der Waals surface area contributed by atoms with E-state index in [9.17, 15) is 9.90 Å². The zero-order valence-corrected chi connectivity index (χ0v) is 24.0. The van der Waals surface area contributed by atoms with E-state index in [1.54, 1.807) is 4.90 Å². The first-order valence-corrected chi connectivity index (χ1v) is 16.3. The van der Waals surface area contributed by atoms with Gasteiger partial charge in [-0.1, -0.05) is 43.2 Å². The van der Waals surface area contributed by atoms with Gasteiger partial charge in [-0.3, -0.25) is 4.90 Å². The Labute approximate surface area is 224 Å². The molecule has 0 spiro atoms. The van der Waals surface area contributed by atoms with Crippen LogP contribution >= 0.6 is 11.6 Å². The molecule has 0 unspecified atom stereocenters. The molecule has 0 radical (unpaired) electrons. The van der Waals surface area contributed by atoms with Crippen LogP contribution in [0.15, 0.2) is 24.3 Å². The number of hydrogen-bond acceptors (Lipinski definition) is 5. The number of carbonyl (C=O) groups excluding carboxylic acids is 1. The summed E-state index contributed by atoms with van der Waals surface area (Å²) in [6, 6.07) is 6.01. The molecular weight excluding hydrogens is 511 g/mol. The first-order chi connectivity index (χ1) is 17.2. The van der Waals surface area contributed by atoms with Gasteiger partial charge >= 0.3 is 6.09 Å². The van der Waals surface area contributed by atoms with Crippen LogP contribution in [0.3, 0.4) is 0 Å². The van der Waals surface area contributed by atoms with E-state index in [1.807, 2.05) is 26.8 Å². The summed E-state index contributed by atoms with van der Waals surface area (Å²) >= 11 is 6.92. The van der Waals surface area contributed by atoms with Gasteiger partial charge in [0.25, 0.3) is 0 Å². The normalized spacial score (nSPS) is 18.1. The molecule has 1 saturated heterocycles. The lowest BCUT2D eigenvalue weighted by Gasteiger charge is -2.40. The van der Waals surface area contributed by atoms with Crippen LogP contribution in [-0.2, 0) is 11.3 Å². The average molecular weight is 545 g/mol. The van der Waals surface area contributed by atoms with Crippen molar-refractivity contribution in [3.63, 3.8) is 0 Å². The minimum absolute atomic E-state index is 0.0110. The fraction of sp³-hybridized carbons (Fsp3) is 0.464. The summed E-state index contributed by atoms with van der Waals surface area (Å²) in [6.45, 7) is 14.4. The number of phenols is 1. The van der Waals surface area contributed by atoms with E-state index in [0.717, 1.165) is 5.56 Å². The molecule has 6 nitrogen and oxygen atoms in total. The van der Waals surface area contributed by atoms with Crippen LogP contribution in [0.5, 0.6) is 11.5 Å². The molecule has 2 aliphatic heterocycles. The lowest BCUT2D eigenvalue weighted by molar-refractivity contribution is -0.00154. The van der Waals surface area contributed by atoms with Crippen LogP contribution in [0, 0.1) is 17.3 Å². The molecule has 0 aromatic heterocycles. The Hall–Kier alpha value is -2.73. The predicted molar refractivity (Wildman–Crippen MR) is 146 cm³/mol. The van der Waals surface area contributed by atoms with Crippen molar-refractivity contribution in [2.45, 2.75) is 58.6 Å². The van der Waals surface area contributed by atoms with Gasteiger partial charge in [0, 0.05) is 42.9 Å². The number of amides is 1. The number of ether oxygens (including phenoxy) is 2. The third-order valence-corrected chi connectivity index (χ3v) is 7.40. The Morgan fingerprint density at radius 1 is 1.24 bits per heavy atom. The Bertz CT molecular complexity index is 1260. The molecule has 2 heterocycles. The van der Waals surface area contributed by atoms with Crippen LogP contribution in [-0.4, -0.2) is 67.0 Å². The zero-order chi connectivity index (χ0) is 27.1. The number of rotatable bonds is 1. The van der Waals surface area contributed by atoms with Gasteiger partial charge in [0.2, 0.25) is 0 Å². The summed E-state index contributed by atoms with van der Waals surface area (Å²) < 4.78 is 26.8. The van der Waals surface area contributed by atoms with E-state index in [1.165, 1.54) is 18.2 Å². The van der Waals surface area contributed by atoms with Crippen LogP contribution in [0.2, 0.25) is 24.7 Å². The molecule has 4 rings (SSSR count). The highest BCUT2D eigenvalue weighted by Gasteiger charge is 2.36. The van der Waals surface area contributed by atoms with E-state index in [4.69, 9.17) is 21.1 Å². The van der Waals surface area contributed by atoms with E-state index < -0.39 is 19.5 Å². The highest BCUT2D eigenvalue weighted by Crippen LogP contribution is 2.46. The second-order valence-electron chi connectivity index (χ2n) is 11.6. The van der Waals surface area contributed by atoms with E-state index in [-0.39, 0.29) is 28.5 Å². The number of fused-ring (bicyclic) bond motifs is 2. The predicted octanol–water partition coefficient (Wildman–Crippen LogP) is 5.89. The minimum atomic E-state index is -1.77. The summed E-state index contributed by atoms with van der Waals surface area (Å²) in [6.07, 6.45) is -0.340. The second kappa shape index (κ2) is 10.2. The number of halogens is 2. The molecule has 9 heteroatoms. The first-order valence-electron chi connectivity index (χ1n) is 12.4. The second-order valence-corrected chi connectivity index (χ2v) is 16.7. The van der Waals surface area contributed by atoms with Crippen molar-refractivity contribution in [2.75, 3.05) is 26.2 Å². The highest BCUT2D eigenvalue weighted by atomic mass is 35.5. The Morgan fingerprint density at radius 2 is 1.97 bits per heavy atom. The molecule has 198 valence electrons. The first kappa shape index (κ1) is 27.3. The number of phenolic OH excluding ortho intramolecular Hbond substituents is 1. The fourth-order valence-electron chi connectivity index (χ4n) is 4.47. The van der Waals surface area contributed by atoms with Crippen molar-refractivity contribution in [1.29, 1.82) is 0 Å². The largest absolute Gasteiger partial charge is 0.507 e. The summed E-state index contributed by atoms with van der Waals surface area (Å²) in [5.74, 6) is 2.90. The van der Waals surface area contributed by atoms with E-state index in [2.05, 4.69) is 36.0 Å². The molecule has 0 aliphatic carbocycles. The van der Waals surface area contributed by atoms with Gasteiger partial charge in [0.05, 0.1) is 16.6 Å². The average Bonchev–Trinajstić information content (AvgIpc) is 2.96. The zero-order valence-electron chi connectivity index (χ0n) is 22.2. The highest BCUT2D eigenvalue weighted by molar-refractivity contribution is 6.83. The molecule has 37 heavy (non-hydrogen) atoms. The fourth-order valence-corrected chi connectivity index (χ4v) is 5.35. The summed E-state index contributed by atoms with van der Waals surface area (Å²) in [5, 5.41) is 10.8. The van der Waals surface area contributed by atoms with Crippen molar-refractivity contribution in [2.24, 2.45) is 0 Å². The number of benzene rings is 2. The molecule has 2 aromatic rings. The molecule has 0 bridgehead atoms. The smallest absolute Gasteiger partial charge is 0.410 e. The molecule has 2 aromatic carbocycles. The number of piperazine rings is 1. The standard InChI is InChI=1S/C28H34ClFN2O4Si/c1-28(2,3)36-27(34)32-12-11-31-15-19-14-18(10-13-37(4,5)6)23(24-21(30)8-7-9-22(24)33)25(29)26(19)35-17-20(31)16-32/h7-9,14,20,33H,11-12,15-17H2,1-6H3/t20-/m1/s1. The summed E-state index contributed by atoms with van der Waals surface area (Å²) in [5.41, 5.74) is 4.52. The minimum Gasteiger partial charge on any atom is -0.507 e.